The molecule has 0 saturated carbocycles. The van der Waals surface area contributed by atoms with Gasteiger partial charge in [-0.1, -0.05) is 12.1 Å². The first-order valence-corrected chi connectivity index (χ1v) is 7.86. The fourth-order valence-electron chi connectivity index (χ4n) is 2.30. The normalized spacial score (nSPS) is 15.2. The van der Waals surface area contributed by atoms with Crippen molar-refractivity contribution in [3.63, 3.8) is 0 Å². The molecule has 0 aliphatic carbocycles. The fraction of sp³-hybridized carbons (Fsp3) is 0.158. The monoisotopic (exact) mass is 359 g/mol. The maximum absolute atomic E-state index is 12.2. The standard InChI is InChI=1S/C19H15F2NO4/c1-2-24-14-9-5-13(6-10-14)17-22-16(18(23)26-17)11-12-3-7-15(8-4-12)25-19(20)21/h3-11,19H,2H2,1H3/b16-11-. The highest BCUT2D eigenvalue weighted by Crippen LogP contribution is 2.22. The van der Waals surface area contributed by atoms with Gasteiger partial charge in [0.25, 0.3) is 0 Å². The molecule has 0 fully saturated rings. The molecule has 2 aromatic carbocycles. The van der Waals surface area contributed by atoms with Gasteiger partial charge in [-0.2, -0.15) is 8.78 Å². The molecule has 0 aromatic heterocycles. The number of esters is 1. The van der Waals surface area contributed by atoms with E-state index in [0.29, 0.717) is 23.5 Å². The Labute approximate surface area is 148 Å². The topological polar surface area (TPSA) is 57.1 Å². The van der Waals surface area contributed by atoms with Crippen molar-refractivity contribution in [2.45, 2.75) is 13.5 Å². The molecule has 2 aromatic rings. The fourth-order valence-corrected chi connectivity index (χ4v) is 2.30. The van der Waals surface area contributed by atoms with Crippen LogP contribution in [-0.2, 0) is 9.53 Å². The number of aliphatic imine (C=N–C) groups is 1. The number of nitrogens with zero attached hydrogens (tertiary/aromatic N) is 1. The van der Waals surface area contributed by atoms with Crippen molar-refractivity contribution in [2.24, 2.45) is 4.99 Å². The van der Waals surface area contributed by atoms with E-state index in [2.05, 4.69) is 9.73 Å². The van der Waals surface area contributed by atoms with E-state index in [9.17, 15) is 13.6 Å². The number of hydrogen-bond donors (Lipinski definition) is 0. The lowest BCUT2D eigenvalue weighted by Gasteiger charge is -2.03. The highest BCUT2D eigenvalue weighted by molar-refractivity contribution is 6.12. The Morgan fingerprint density at radius 1 is 1.08 bits per heavy atom. The summed E-state index contributed by atoms with van der Waals surface area (Å²) in [5.41, 5.74) is 1.37. The molecule has 1 aliphatic rings. The minimum Gasteiger partial charge on any atom is -0.494 e. The average Bonchev–Trinajstić information content (AvgIpc) is 2.98. The van der Waals surface area contributed by atoms with Crippen LogP contribution >= 0.6 is 0 Å². The van der Waals surface area contributed by atoms with Gasteiger partial charge in [0.05, 0.1) is 6.61 Å². The largest absolute Gasteiger partial charge is 0.494 e. The van der Waals surface area contributed by atoms with Crippen molar-refractivity contribution in [3.05, 3.63) is 65.4 Å². The summed E-state index contributed by atoms with van der Waals surface area (Å²) in [4.78, 5) is 16.2. The van der Waals surface area contributed by atoms with Crippen LogP contribution in [0.2, 0.25) is 0 Å². The number of halogens is 2. The predicted octanol–water partition coefficient (Wildman–Crippen LogP) is 4.03. The summed E-state index contributed by atoms with van der Waals surface area (Å²) in [5, 5.41) is 0. The molecule has 0 atom stereocenters. The first kappa shape index (κ1) is 17.6. The highest BCUT2D eigenvalue weighted by Gasteiger charge is 2.24. The highest BCUT2D eigenvalue weighted by atomic mass is 19.3. The van der Waals surface area contributed by atoms with E-state index in [1.54, 1.807) is 36.4 Å². The molecule has 0 saturated heterocycles. The van der Waals surface area contributed by atoms with E-state index >= 15 is 0 Å². The van der Waals surface area contributed by atoms with Crippen LogP contribution in [0.25, 0.3) is 6.08 Å². The average molecular weight is 359 g/mol. The second-order valence-corrected chi connectivity index (χ2v) is 5.24. The Morgan fingerprint density at radius 2 is 1.73 bits per heavy atom. The summed E-state index contributed by atoms with van der Waals surface area (Å²) in [7, 11) is 0. The quantitative estimate of drug-likeness (QED) is 0.577. The summed E-state index contributed by atoms with van der Waals surface area (Å²) >= 11 is 0. The zero-order chi connectivity index (χ0) is 18.5. The summed E-state index contributed by atoms with van der Waals surface area (Å²) < 4.78 is 39.1. The third-order valence-electron chi connectivity index (χ3n) is 3.44. The van der Waals surface area contributed by atoms with Gasteiger partial charge in [-0.05, 0) is 55.0 Å². The number of carbonyl (C=O) groups is 1. The van der Waals surface area contributed by atoms with E-state index in [0.717, 1.165) is 0 Å². The van der Waals surface area contributed by atoms with Crippen LogP contribution in [-0.4, -0.2) is 25.1 Å². The molecule has 7 heteroatoms. The van der Waals surface area contributed by atoms with Crippen LogP contribution in [0.1, 0.15) is 18.1 Å². The second kappa shape index (κ2) is 7.77. The van der Waals surface area contributed by atoms with Crippen LogP contribution in [0.15, 0.2) is 59.2 Å². The SMILES string of the molecule is CCOc1ccc(C2=N/C(=C\c3ccc(OC(F)F)cc3)C(=O)O2)cc1. The van der Waals surface area contributed by atoms with E-state index in [-0.39, 0.29) is 17.3 Å². The van der Waals surface area contributed by atoms with Crippen LogP contribution in [0, 0.1) is 0 Å². The zero-order valence-electron chi connectivity index (χ0n) is 13.8. The number of carbonyl (C=O) groups excluding carboxylic acids is 1. The van der Waals surface area contributed by atoms with E-state index in [1.165, 1.54) is 18.2 Å². The van der Waals surface area contributed by atoms with E-state index in [4.69, 9.17) is 9.47 Å². The third kappa shape index (κ3) is 4.24. The molecular formula is C19H15F2NO4. The summed E-state index contributed by atoms with van der Waals surface area (Å²) in [5.74, 6) is 0.363. The van der Waals surface area contributed by atoms with Crippen molar-refractivity contribution >= 4 is 17.9 Å². The van der Waals surface area contributed by atoms with Gasteiger partial charge >= 0.3 is 12.6 Å². The summed E-state index contributed by atoms with van der Waals surface area (Å²) in [6.45, 7) is -0.436. The molecule has 1 heterocycles. The van der Waals surface area contributed by atoms with Crippen LogP contribution in [0.4, 0.5) is 8.78 Å². The van der Waals surface area contributed by atoms with Crippen molar-refractivity contribution in [1.29, 1.82) is 0 Å². The van der Waals surface area contributed by atoms with Gasteiger partial charge in [-0.15, -0.1) is 0 Å². The number of rotatable bonds is 6. The Balaban J connectivity index is 1.77. The molecule has 134 valence electrons. The molecule has 0 unspecified atom stereocenters. The van der Waals surface area contributed by atoms with Gasteiger partial charge in [-0.3, -0.25) is 0 Å². The van der Waals surface area contributed by atoms with Gasteiger partial charge in [0, 0.05) is 5.56 Å². The number of alkyl halides is 2. The van der Waals surface area contributed by atoms with Crippen molar-refractivity contribution in [3.8, 4) is 11.5 Å². The number of cyclic esters (lactones) is 1. The molecule has 0 radical (unpaired) electrons. The minimum absolute atomic E-state index is 0.0368. The second-order valence-electron chi connectivity index (χ2n) is 5.24. The summed E-state index contributed by atoms with van der Waals surface area (Å²) in [6.07, 6.45) is 1.51. The van der Waals surface area contributed by atoms with Gasteiger partial charge < -0.3 is 14.2 Å². The number of hydrogen-bond acceptors (Lipinski definition) is 5. The molecule has 5 nitrogen and oxygen atoms in total. The first-order chi connectivity index (χ1) is 12.5. The molecule has 0 bridgehead atoms. The minimum atomic E-state index is -2.88. The molecule has 1 aliphatic heterocycles. The first-order valence-electron chi connectivity index (χ1n) is 7.86. The molecule has 0 spiro atoms. The lowest BCUT2D eigenvalue weighted by Crippen LogP contribution is -2.05. The Bertz CT molecular complexity index is 843. The van der Waals surface area contributed by atoms with Crippen molar-refractivity contribution < 1.29 is 27.8 Å². The molecule has 0 amide bonds. The Kier molecular flexibility index (Phi) is 5.26. The van der Waals surface area contributed by atoms with Crippen LogP contribution in [0.3, 0.4) is 0 Å². The molecular weight excluding hydrogens is 344 g/mol. The van der Waals surface area contributed by atoms with Gasteiger partial charge in [0.2, 0.25) is 5.90 Å². The van der Waals surface area contributed by atoms with Crippen LogP contribution < -0.4 is 9.47 Å². The van der Waals surface area contributed by atoms with Crippen molar-refractivity contribution in [1.82, 2.24) is 0 Å². The van der Waals surface area contributed by atoms with Crippen LogP contribution in [0.5, 0.6) is 11.5 Å². The smallest absolute Gasteiger partial charge is 0.387 e. The van der Waals surface area contributed by atoms with E-state index < -0.39 is 12.6 Å². The lowest BCUT2D eigenvalue weighted by molar-refractivity contribution is -0.129. The van der Waals surface area contributed by atoms with Gasteiger partial charge in [0.15, 0.2) is 5.70 Å². The predicted molar refractivity (Wildman–Crippen MR) is 91.3 cm³/mol. The van der Waals surface area contributed by atoms with Crippen molar-refractivity contribution in [2.75, 3.05) is 6.61 Å². The third-order valence-corrected chi connectivity index (χ3v) is 3.44. The number of benzene rings is 2. The Morgan fingerprint density at radius 3 is 2.35 bits per heavy atom. The maximum atomic E-state index is 12.2. The molecule has 0 N–H and O–H groups in total. The summed E-state index contributed by atoms with van der Waals surface area (Å²) in [6, 6.07) is 12.9. The van der Waals surface area contributed by atoms with E-state index in [1.807, 2.05) is 6.92 Å². The lowest BCUT2D eigenvalue weighted by atomic mass is 10.2. The van der Waals surface area contributed by atoms with Gasteiger partial charge in [0.1, 0.15) is 11.5 Å². The molecule has 26 heavy (non-hydrogen) atoms. The van der Waals surface area contributed by atoms with Gasteiger partial charge in [-0.25, -0.2) is 9.79 Å². The molecule has 3 rings (SSSR count). The number of ether oxygens (including phenoxy) is 3. The Hall–Kier alpha value is -3.22. The maximum Gasteiger partial charge on any atom is 0.387 e. The zero-order valence-corrected chi connectivity index (χ0v) is 13.8.